The number of aryl methyl sites for hydroxylation is 1. The SMILES string of the molecule is Cn1c(=O)cc(C(=O)NCCNC(=O)c2ccc(C(F)(F)F)cc2)c2ccccc21. The number of rotatable bonds is 5. The Morgan fingerprint density at radius 2 is 1.53 bits per heavy atom. The lowest BCUT2D eigenvalue weighted by molar-refractivity contribution is -0.137. The van der Waals surface area contributed by atoms with Crippen LogP contribution in [0.5, 0.6) is 0 Å². The molecule has 0 saturated heterocycles. The van der Waals surface area contributed by atoms with Crippen molar-refractivity contribution >= 4 is 22.7 Å². The minimum atomic E-state index is -4.47. The highest BCUT2D eigenvalue weighted by molar-refractivity contribution is 6.06. The third-order valence-corrected chi connectivity index (χ3v) is 4.57. The Kier molecular flexibility index (Phi) is 5.91. The molecule has 0 bridgehead atoms. The summed E-state index contributed by atoms with van der Waals surface area (Å²) < 4.78 is 39.1. The van der Waals surface area contributed by atoms with Gasteiger partial charge >= 0.3 is 6.18 Å². The summed E-state index contributed by atoms with van der Waals surface area (Å²) in [5.41, 5.74) is -0.248. The van der Waals surface area contributed by atoms with E-state index in [0.717, 1.165) is 24.3 Å². The Balaban J connectivity index is 1.59. The molecule has 3 rings (SSSR count). The molecule has 2 aromatic carbocycles. The lowest BCUT2D eigenvalue weighted by atomic mass is 10.1. The smallest absolute Gasteiger partial charge is 0.350 e. The van der Waals surface area contributed by atoms with Crippen LogP contribution in [0.25, 0.3) is 10.9 Å². The second-order valence-corrected chi connectivity index (χ2v) is 6.56. The quantitative estimate of drug-likeness (QED) is 0.627. The summed E-state index contributed by atoms with van der Waals surface area (Å²) in [6, 6.07) is 12.1. The van der Waals surface area contributed by atoms with Crippen molar-refractivity contribution < 1.29 is 22.8 Å². The summed E-state index contributed by atoms with van der Waals surface area (Å²) >= 11 is 0. The zero-order valence-corrected chi connectivity index (χ0v) is 15.9. The number of carbonyl (C=O) groups excluding carboxylic acids is 2. The van der Waals surface area contributed by atoms with E-state index in [1.165, 1.54) is 10.6 Å². The number of halogens is 3. The topological polar surface area (TPSA) is 80.2 Å². The first-order chi connectivity index (χ1) is 14.2. The van der Waals surface area contributed by atoms with E-state index >= 15 is 0 Å². The van der Waals surface area contributed by atoms with Crippen LogP contribution >= 0.6 is 0 Å². The Bertz CT molecular complexity index is 1150. The Labute approximate surface area is 169 Å². The van der Waals surface area contributed by atoms with Crippen LogP contribution in [0.2, 0.25) is 0 Å². The molecule has 0 aliphatic heterocycles. The zero-order valence-electron chi connectivity index (χ0n) is 15.9. The van der Waals surface area contributed by atoms with Crippen LogP contribution in [0.15, 0.2) is 59.4 Å². The summed E-state index contributed by atoms with van der Waals surface area (Å²) in [6.45, 7) is 0.142. The summed E-state index contributed by atoms with van der Waals surface area (Å²) in [5, 5.41) is 5.76. The predicted molar refractivity (Wildman–Crippen MR) is 105 cm³/mol. The van der Waals surface area contributed by atoms with Gasteiger partial charge in [-0.1, -0.05) is 18.2 Å². The molecule has 0 radical (unpaired) electrons. The van der Waals surface area contributed by atoms with E-state index in [9.17, 15) is 27.6 Å². The number of aromatic nitrogens is 1. The van der Waals surface area contributed by atoms with Gasteiger partial charge in [0.25, 0.3) is 17.4 Å². The van der Waals surface area contributed by atoms with Crippen molar-refractivity contribution in [3.63, 3.8) is 0 Å². The van der Waals surface area contributed by atoms with Crippen molar-refractivity contribution in [2.24, 2.45) is 7.05 Å². The first kappa shape index (κ1) is 21.1. The van der Waals surface area contributed by atoms with Gasteiger partial charge < -0.3 is 15.2 Å². The highest BCUT2D eigenvalue weighted by Crippen LogP contribution is 2.29. The number of nitrogens with zero attached hydrogens (tertiary/aromatic N) is 1. The molecule has 0 unspecified atom stereocenters. The molecule has 0 aliphatic rings. The van der Waals surface area contributed by atoms with Gasteiger partial charge in [0.15, 0.2) is 0 Å². The van der Waals surface area contributed by atoms with Crippen molar-refractivity contribution in [2.45, 2.75) is 6.18 Å². The van der Waals surface area contributed by atoms with E-state index < -0.39 is 23.6 Å². The summed E-state index contributed by atoms with van der Waals surface area (Å²) in [5.74, 6) is -1.02. The minimum absolute atomic E-state index is 0.0639. The molecule has 0 aliphatic carbocycles. The van der Waals surface area contributed by atoms with Gasteiger partial charge in [0.1, 0.15) is 0 Å². The van der Waals surface area contributed by atoms with E-state index in [4.69, 9.17) is 0 Å². The van der Waals surface area contributed by atoms with E-state index in [-0.39, 0.29) is 29.8 Å². The predicted octanol–water partition coefficient (Wildman–Crippen LogP) is 2.72. The number of alkyl halides is 3. The molecular weight excluding hydrogens is 399 g/mol. The van der Waals surface area contributed by atoms with Crippen LogP contribution in [0.3, 0.4) is 0 Å². The molecule has 1 heterocycles. The molecule has 2 amide bonds. The van der Waals surface area contributed by atoms with Gasteiger partial charge in [-0.2, -0.15) is 13.2 Å². The molecule has 9 heteroatoms. The number of hydrogen-bond acceptors (Lipinski definition) is 3. The van der Waals surface area contributed by atoms with Crippen LogP contribution in [0.4, 0.5) is 13.2 Å². The standard InChI is InChI=1S/C21H18F3N3O3/c1-27-17-5-3-2-4-15(17)16(12-18(27)28)20(30)26-11-10-25-19(29)13-6-8-14(9-7-13)21(22,23)24/h2-9,12H,10-11H2,1H3,(H,25,29)(H,26,30). The van der Waals surface area contributed by atoms with Crippen LogP contribution in [-0.2, 0) is 13.2 Å². The summed E-state index contributed by atoms with van der Waals surface area (Å²) in [6.07, 6.45) is -4.47. The fourth-order valence-corrected chi connectivity index (χ4v) is 2.96. The van der Waals surface area contributed by atoms with E-state index in [2.05, 4.69) is 10.6 Å². The Hall–Kier alpha value is -3.62. The van der Waals surface area contributed by atoms with Crippen LogP contribution in [-0.4, -0.2) is 29.5 Å². The van der Waals surface area contributed by atoms with Crippen molar-refractivity contribution in [1.82, 2.24) is 15.2 Å². The number of nitrogens with one attached hydrogen (secondary N) is 2. The molecule has 0 fully saturated rings. The van der Waals surface area contributed by atoms with E-state index in [0.29, 0.717) is 10.9 Å². The molecular formula is C21H18F3N3O3. The zero-order chi connectivity index (χ0) is 21.9. The highest BCUT2D eigenvalue weighted by atomic mass is 19.4. The van der Waals surface area contributed by atoms with Gasteiger partial charge in [0.05, 0.1) is 16.6 Å². The molecule has 6 nitrogen and oxygen atoms in total. The number of para-hydroxylation sites is 1. The Morgan fingerprint density at radius 1 is 0.933 bits per heavy atom. The maximum absolute atomic E-state index is 12.6. The lowest BCUT2D eigenvalue weighted by Crippen LogP contribution is -2.35. The third kappa shape index (κ3) is 4.51. The second-order valence-electron chi connectivity index (χ2n) is 6.56. The number of amides is 2. The molecule has 0 atom stereocenters. The van der Waals surface area contributed by atoms with Crippen molar-refractivity contribution in [3.8, 4) is 0 Å². The van der Waals surface area contributed by atoms with Crippen molar-refractivity contribution in [3.05, 3.63) is 81.6 Å². The largest absolute Gasteiger partial charge is 0.416 e. The lowest BCUT2D eigenvalue weighted by Gasteiger charge is -2.11. The first-order valence-corrected chi connectivity index (χ1v) is 9.01. The van der Waals surface area contributed by atoms with Crippen LogP contribution < -0.4 is 16.2 Å². The molecule has 1 aromatic heterocycles. The maximum Gasteiger partial charge on any atom is 0.416 e. The fourth-order valence-electron chi connectivity index (χ4n) is 2.96. The molecule has 0 spiro atoms. The van der Waals surface area contributed by atoms with Crippen LogP contribution in [0, 0.1) is 0 Å². The molecule has 0 saturated carbocycles. The van der Waals surface area contributed by atoms with Crippen molar-refractivity contribution in [1.29, 1.82) is 0 Å². The van der Waals surface area contributed by atoms with Crippen molar-refractivity contribution in [2.75, 3.05) is 13.1 Å². The van der Waals surface area contributed by atoms with E-state index in [1.54, 1.807) is 31.3 Å². The van der Waals surface area contributed by atoms with Gasteiger partial charge in [-0.15, -0.1) is 0 Å². The number of hydrogen-bond donors (Lipinski definition) is 2. The van der Waals surface area contributed by atoms with Crippen LogP contribution in [0.1, 0.15) is 26.3 Å². The number of carbonyl (C=O) groups is 2. The fraction of sp³-hybridized carbons (Fsp3) is 0.190. The average molecular weight is 417 g/mol. The average Bonchev–Trinajstić information content (AvgIpc) is 2.73. The first-order valence-electron chi connectivity index (χ1n) is 9.01. The monoisotopic (exact) mass is 417 g/mol. The molecule has 30 heavy (non-hydrogen) atoms. The number of pyridine rings is 1. The van der Waals surface area contributed by atoms with Gasteiger partial charge in [-0.3, -0.25) is 14.4 Å². The van der Waals surface area contributed by atoms with E-state index in [1.807, 2.05) is 0 Å². The van der Waals surface area contributed by atoms with Gasteiger partial charge in [0, 0.05) is 37.2 Å². The normalized spacial score (nSPS) is 11.3. The number of benzene rings is 2. The molecule has 156 valence electrons. The minimum Gasteiger partial charge on any atom is -0.350 e. The molecule has 3 aromatic rings. The Morgan fingerprint density at radius 3 is 2.17 bits per heavy atom. The highest BCUT2D eigenvalue weighted by Gasteiger charge is 2.30. The van der Waals surface area contributed by atoms with Gasteiger partial charge in [-0.05, 0) is 30.3 Å². The molecule has 2 N–H and O–H groups in total. The third-order valence-electron chi connectivity index (χ3n) is 4.57. The van der Waals surface area contributed by atoms with Gasteiger partial charge in [0.2, 0.25) is 0 Å². The van der Waals surface area contributed by atoms with Gasteiger partial charge in [-0.25, -0.2) is 0 Å². The maximum atomic E-state index is 12.6. The summed E-state index contributed by atoms with van der Waals surface area (Å²) in [7, 11) is 1.61. The number of fused-ring (bicyclic) bond motifs is 1. The second kappa shape index (κ2) is 8.40. The summed E-state index contributed by atoms with van der Waals surface area (Å²) in [4.78, 5) is 36.6.